The van der Waals surface area contributed by atoms with Crippen LogP contribution in [0.25, 0.3) is 6.08 Å². The van der Waals surface area contributed by atoms with Gasteiger partial charge in [0.2, 0.25) is 5.91 Å². The van der Waals surface area contributed by atoms with Crippen molar-refractivity contribution in [1.29, 1.82) is 0 Å². The van der Waals surface area contributed by atoms with Crippen LogP contribution < -0.4 is 5.32 Å². The zero-order valence-electron chi connectivity index (χ0n) is 12.7. The molecule has 0 spiro atoms. The molecule has 1 aliphatic carbocycles. The van der Waals surface area contributed by atoms with E-state index < -0.39 is 0 Å². The maximum atomic E-state index is 11.7. The minimum absolute atomic E-state index is 0.0798. The Morgan fingerprint density at radius 3 is 2.64 bits per heavy atom. The maximum Gasteiger partial charge on any atom is 0.243 e. The van der Waals surface area contributed by atoms with Gasteiger partial charge >= 0.3 is 0 Å². The van der Waals surface area contributed by atoms with Crippen molar-refractivity contribution in [1.82, 2.24) is 5.32 Å². The quantitative estimate of drug-likeness (QED) is 0.444. The van der Waals surface area contributed by atoms with E-state index in [9.17, 15) is 15.0 Å². The van der Waals surface area contributed by atoms with Gasteiger partial charge in [0, 0.05) is 12.6 Å². The van der Waals surface area contributed by atoms with Crippen molar-refractivity contribution in [2.45, 2.75) is 32.1 Å². The number of phenolic OH excluding ortho intramolecular Hbond substituents is 2. The normalized spacial score (nSPS) is 16.4. The molecule has 1 amide bonds. The van der Waals surface area contributed by atoms with Crippen LogP contribution in [0.3, 0.4) is 0 Å². The molecule has 118 valence electrons. The number of carbonyl (C=O) groups excluding carboxylic acids is 1. The fraction of sp³-hybridized carbons (Fsp3) is 0.389. The van der Waals surface area contributed by atoms with Gasteiger partial charge in [-0.05, 0) is 36.5 Å². The van der Waals surface area contributed by atoms with Gasteiger partial charge in [0.25, 0.3) is 0 Å². The first kappa shape index (κ1) is 16.1. The predicted octanol–water partition coefficient (Wildman–Crippen LogP) is 3.36. The lowest BCUT2D eigenvalue weighted by atomic mass is 9.89. The second-order valence-corrected chi connectivity index (χ2v) is 5.72. The molecule has 4 heteroatoms. The molecule has 1 aliphatic rings. The van der Waals surface area contributed by atoms with Gasteiger partial charge in [-0.2, -0.15) is 0 Å². The minimum Gasteiger partial charge on any atom is -0.504 e. The molecule has 0 aromatic heterocycles. The van der Waals surface area contributed by atoms with E-state index in [-0.39, 0.29) is 17.4 Å². The SMILES string of the molecule is O=C(/C=C/C=C/c1ccc(O)c(O)c1)NCC1CCCCC1. The van der Waals surface area contributed by atoms with E-state index in [0.717, 1.165) is 12.1 Å². The molecular weight excluding hydrogens is 278 g/mol. The van der Waals surface area contributed by atoms with Gasteiger partial charge in [0.15, 0.2) is 11.5 Å². The number of phenols is 2. The predicted molar refractivity (Wildman–Crippen MR) is 87.5 cm³/mol. The van der Waals surface area contributed by atoms with Crippen LogP contribution in [0.1, 0.15) is 37.7 Å². The Bertz CT molecular complexity index is 557. The summed E-state index contributed by atoms with van der Waals surface area (Å²) in [5.74, 6) is 0.247. The van der Waals surface area contributed by atoms with E-state index in [2.05, 4.69) is 5.32 Å². The zero-order valence-corrected chi connectivity index (χ0v) is 12.7. The maximum absolute atomic E-state index is 11.7. The topological polar surface area (TPSA) is 69.6 Å². The van der Waals surface area contributed by atoms with Crippen LogP contribution in [0.5, 0.6) is 11.5 Å². The highest BCUT2D eigenvalue weighted by Crippen LogP contribution is 2.25. The Labute approximate surface area is 131 Å². The average Bonchev–Trinajstić information content (AvgIpc) is 2.54. The first-order chi connectivity index (χ1) is 10.6. The number of benzene rings is 1. The number of hydrogen-bond acceptors (Lipinski definition) is 3. The molecule has 0 saturated heterocycles. The smallest absolute Gasteiger partial charge is 0.243 e. The van der Waals surface area contributed by atoms with E-state index in [0.29, 0.717) is 5.92 Å². The summed E-state index contributed by atoms with van der Waals surface area (Å²) in [5.41, 5.74) is 0.752. The molecule has 4 nitrogen and oxygen atoms in total. The lowest BCUT2D eigenvalue weighted by Crippen LogP contribution is -2.28. The largest absolute Gasteiger partial charge is 0.504 e. The van der Waals surface area contributed by atoms with Crippen LogP contribution in [0.4, 0.5) is 0 Å². The molecule has 0 unspecified atom stereocenters. The number of nitrogens with one attached hydrogen (secondary N) is 1. The standard InChI is InChI=1S/C18H23NO3/c20-16-11-10-14(12-17(16)21)6-4-5-9-18(22)19-13-15-7-2-1-3-8-15/h4-6,9-12,15,20-21H,1-3,7-8,13H2,(H,19,22)/b6-4+,9-5+. The molecule has 0 bridgehead atoms. The van der Waals surface area contributed by atoms with Crippen molar-refractivity contribution < 1.29 is 15.0 Å². The third-order valence-corrected chi connectivity index (χ3v) is 3.94. The van der Waals surface area contributed by atoms with E-state index in [4.69, 9.17) is 0 Å². The third-order valence-electron chi connectivity index (χ3n) is 3.94. The fourth-order valence-electron chi connectivity index (χ4n) is 2.65. The second-order valence-electron chi connectivity index (χ2n) is 5.72. The van der Waals surface area contributed by atoms with Gasteiger partial charge in [-0.1, -0.05) is 43.6 Å². The van der Waals surface area contributed by atoms with Crippen molar-refractivity contribution in [2.75, 3.05) is 6.54 Å². The van der Waals surface area contributed by atoms with Crippen LogP contribution in [-0.2, 0) is 4.79 Å². The zero-order chi connectivity index (χ0) is 15.8. The highest BCUT2D eigenvalue weighted by molar-refractivity contribution is 5.87. The first-order valence-electron chi connectivity index (χ1n) is 7.80. The van der Waals surface area contributed by atoms with Gasteiger partial charge in [0.05, 0.1) is 0 Å². The van der Waals surface area contributed by atoms with Gasteiger partial charge in [-0.15, -0.1) is 0 Å². The Hall–Kier alpha value is -2.23. The molecule has 0 heterocycles. The second kappa shape index (κ2) is 8.27. The number of amides is 1. The molecule has 0 radical (unpaired) electrons. The average molecular weight is 301 g/mol. The number of allylic oxidation sites excluding steroid dienone is 2. The van der Waals surface area contributed by atoms with Gasteiger partial charge in [-0.3, -0.25) is 4.79 Å². The van der Waals surface area contributed by atoms with Crippen LogP contribution in [-0.4, -0.2) is 22.7 Å². The summed E-state index contributed by atoms with van der Waals surface area (Å²) < 4.78 is 0. The van der Waals surface area contributed by atoms with Gasteiger partial charge < -0.3 is 15.5 Å². The molecule has 1 fully saturated rings. The summed E-state index contributed by atoms with van der Waals surface area (Å²) in [6.45, 7) is 0.763. The van der Waals surface area contributed by atoms with E-state index >= 15 is 0 Å². The molecular formula is C18H23NO3. The molecule has 22 heavy (non-hydrogen) atoms. The lowest BCUT2D eigenvalue weighted by Gasteiger charge is -2.21. The van der Waals surface area contributed by atoms with Gasteiger partial charge in [0.1, 0.15) is 0 Å². The van der Waals surface area contributed by atoms with Crippen LogP contribution in [0.15, 0.2) is 36.4 Å². The summed E-state index contributed by atoms with van der Waals surface area (Å²) in [7, 11) is 0. The first-order valence-corrected chi connectivity index (χ1v) is 7.80. The highest BCUT2D eigenvalue weighted by atomic mass is 16.3. The van der Waals surface area contributed by atoms with Gasteiger partial charge in [-0.25, -0.2) is 0 Å². The summed E-state index contributed by atoms with van der Waals surface area (Å²) in [5, 5.41) is 21.5. The number of rotatable bonds is 5. The summed E-state index contributed by atoms with van der Waals surface area (Å²) >= 11 is 0. The molecule has 1 aromatic rings. The summed E-state index contributed by atoms with van der Waals surface area (Å²) in [4.78, 5) is 11.7. The van der Waals surface area contributed by atoms with Crippen molar-refractivity contribution in [2.24, 2.45) is 5.92 Å². The van der Waals surface area contributed by atoms with Crippen molar-refractivity contribution >= 4 is 12.0 Å². The van der Waals surface area contributed by atoms with E-state index in [1.165, 1.54) is 50.3 Å². The van der Waals surface area contributed by atoms with E-state index in [1.807, 2.05) is 0 Å². The highest BCUT2D eigenvalue weighted by Gasteiger charge is 2.13. The molecule has 2 rings (SSSR count). The van der Waals surface area contributed by atoms with Crippen molar-refractivity contribution in [3.8, 4) is 11.5 Å². The molecule has 1 saturated carbocycles. The Balaban J connectivity index is 1.74. The number of hydrogen-bond donors (Lipinski definition) is 3. The Morgan fingerprint density at radius 1 is 1.14 bits per heavy atom. The Kier molecular flexibility index (Phi) is 6.07. The van der Waals surface area contributed by atoms with Crippen LogP contribution in [0, 0.1) is 5.92 Å². The monoisotopic (exact) mass is 301 g/mol. The molecule has 0 aliphatic heterocycles. The number of carbonyl (C=O) groups is 1. The van der Waals surface area contributed by atoms with E-state index in [1.54, 1.807) is 24.3 Å². The molecule has 0 atom stereocenters. The van der Waals surface area contributed by atoms with Crippen LogP contribution >= 0.6 is 0 Å². The summed E-state index contributed by atoms with van der Waals surface area (Å²) in [6, 6.07) is 4.57. The van der Waals surface area contributed by atoms with Crippen molar-refractivity contribution in [3.05, 3.63) is 42.0 Å². The minimum atomic E-state index is -0.156. The number of aromatic hydroxyl groups is 2. The fourth-order valence-corrected chi connectivity index (χ4v) is 2.65. The lowest BCUT2D eigenvalue weighted by molar-refractivity contribution is -0.116. The molecule has 1 aromatic carbocycles. The Morgan fingerprint density at radius 2 is 1.91 bits per heavy atom. The third kappa shape index (κ3) is 5.28. The van der Waals surface area contributed by atoms with Crippen molar-refractivity contribution in [3.63, 3.8) is 0 Å². The molecule has 3 N–H and O–H groups in total. The van der Waals surface area contributed by atoms with Crippen LogP contribution in [0.2, 0.25) is 0 Å². The summed E-state index contributed by atoms with van der Waals surface area (Å²) in [6.07, 6.45) is 13.0.